The zero-order valence-corrected chi connectivity index (χ0v) is 14.2. The number of carbonyl (C=O) groups is 1. The molecule has 2 aromatic carbocycles. The Balaban J connectivity index is 2.33. The van der Waals surface area contributed by atoms with Crippen molar-refractivity contribution in [2.45, 2.75) is 6.92 Å². The van der Waals surface area contributed by atoms with E-state index in [1.54, 1.807) is 25.1 Å². The topological polar surface area (TPSA) is 102 Å². The quantitative estimate of drug-likeness (QED) is 0.358. The molecule has 0 atom stereocenters. The first kappa shape index (κ1) is 17.6. The summed E-state index contributed by atoms with van der Waals surface area (Å²) >= 11 is 3.15. The van der Waals surface area contributed by atoms with Crippen molar-refractivity contribution in [3.8, 4) is 5.75 Å². The maximum Gasteiger partial charge on any atom is 0.338 e. The first-order valence-electron chi connectivity index (χ1n) is 6.90. The van der Waals surface area contributed by atoms with E-state index in [4.69, 9.17) is 4.74 Å². The first-order valence-corrected chi connectivity index (χ1v) is 7.69. The van der Waals surface area contributed by atoms with Gasteiger partial charge >= 0.3 is 11.7 Å². The summed E-state index contributed by atoms with van der Waals surface area (Å²) in [6.07, 6.45) is 1.29. The van der Waals surface area contributed by atoms with Crippen LogP contribution in [0.4, 0.5) is 11.4 Å². The highest BCUT2D eigenvalue weighted by molar-refractivity contribution is 9.10. The Bertz CT molecular complexity index is 820. The van der Waals surface area contributed by atoms with E-state index in [-0.39, 0.29) is 12.2 Å². The number of nitro groups is 1. The molecule has 0 aliphatic carbocycles. The van der Waals surface area contributed by atoms with Crippen molar-refractivity contribution in [1.82, 2.24) is 0 Å². The van der Waals surface area contributed by atoms with E-state index >= 15 is 0 Å². The minimum Gasteiger partial charge on any atom is -0.502 e. The van der Waals surface area contributed by atoms with Gasteiger partial charge in [0.05, 0.1) is 22.8 Å². The second kappa shape index (κ2) is 7.69. The molecule has 7 nitrogen and oxygen atoms in total. The molecule has 2 aromatic rings. The number of carbonyl (C=O) groups excluding carboxylic acids is 1. The molecule has 0 aliphatic rings. The highest BCUT2D eigenvalue weighted by atomic mass is 79.9. The summed E-state index contributed by atoms with van der Waals surface area (Å²) in [6.45, 7) is 1.98. The molecule has 0 aromatic heterocycles. The van der Waals surface area contributed by atoms with Crippen LogP contribution in [0.2, 0.25) is 0 Å². The van der Waals surface area contributed by atoms with Crippen LogP contribution in [0.15, 0.2) is 45.9 Å². The fourth-order valence-corrected chi connectivity index (χ4v) is 2.38. The number of phenols is 1. The number of ether oxygens (including phenoxy) is 1. The largest absolute Gasteiger partial charge is 0.502 e. The Labute approximate surface area is 145 Å². The number of hydrogen-bond acceptors (Lipinski definition) is 6. The first-order chi connectivity index (χ1) is 11.4. The van der Waals surface area contributed by atoms with E-state index in [9.17, 15) is 20.0 Å². The van der Waals surface area contributed by atoms with E-state index in [1.165, 1.54) is 24.4 Å². The molecule has 0 heterocycles. The number of esters is 1. The fraction of sp³-hybridized carbons (Fsp3) is 0.125. The number of aromatic hydroxyl groups is 1. The predicted octanol–water partition coefficient (Wildman–Crippen LogP) is 3.99. The zero-order chi connectivity index (χ0) is 17.7. The molecular formula is C16H13BrN2O5. The average molecular weight is 393 g/mol. The lowest BCUT2D eigenvalue weighted by atomic mass is 10.2. The van der Waals surface area contributed by atoms with E-state index < -0.39 is 22.3 Å². The fourth-order valence-electron chi connectivity index (χ4n) is 1.91. The minimum absolute atomic E-state index is 0.178. The third kappa shape index (κ3) is 4.17. The third-order valence-corrected chi connectivity index (χ3v) is 3.45. The normalized spacial score (nSPS) is 10.8. The Morgan fingerprint density at radius 1 is 1.42 bits per heavy atom. The van der Waals surface area contributed by atoms with Crippen LogP contribution in [-0.4, -0.2) is 28.8 Å². The molecule has 124 valence electrons. The van der Waals surface area contributed by atoms with Crippen LogP contribution in [0.3, 0.4) is 0 Å². The van der Waals surface area contributed by atoms with Crippen LogP contribution in [0, 0.1) is 10.1 Å². The van der Waals surface area contributed by atoms with Gasteiger partial charge in [-0.25, -0.2) is 4.79 Å². The van der Waals surface area contributed by atoms with Gasteiger partial charge in [0.1, 0.15) is 0 Å². The van der Waals surface area contributed by atoms with Crippen LogP contribution in [0.25, 0.3) is 0 Å². The Morgan fingerprint density at radius 3 is 2.83 bits per heavy atom. The molecule has 8 heteroatoms. The molecule has 1 N–H and O–H groups in total. The molecule has 0 aliphatic heterocycles. The van der Waals surface area contributed by atoms with Crippen molar-refractivity contribution in [2.75, 3.05) is 6.61 Å². The maximum absolute atomic E-state index is 11.7. The molecule has 0 fully saturated rings. The number of nitrogens with zero attached hydrogens (tertiary/aromatic N) is 2. The summed E-state index contributed by atoms with van der Waals surface area (Å²) in [6, 6.07) is 9.12. The van der Waals surface area contributed by atoms with Crippen LogP contribution in [0.1, 0.15) is 22.8 Å². The van der Waals surface area contributed by atoms with Crippen molar-refractivity contribution >= 4 is 39.5 Å². The number of rotatable bonds is 5. The molecule has 0 bridgehead atoms. The van der Waals surface area contributed by atoms with Gasteiger partial charge in [0.15, 0.2) is 0 Å². The van der Waals surface area contributed by atoms with Crippen molar-refractivity contribution in [3.05, 3.63) is 62.1 Å². The van der Waals surface area contributed by atoms with Gasteiger partial charge in [-0.1, -0.05) is 22.0 Å². The number of phenolic OH excluding ortho intramolecular Hbond substituents is 1. The van der Waals surface area contributed by atoms with Gasteiger partial charge in [-0.2, -0.15) is 0 Å². The van der Waals surface area contributed by atoms with E-state index in [2.05, 4.69) is 20.9 Å². The highest BCUT2D eigenvalue weighted by Crippen LogP contribution is 2.32. The van der Waals surface area contributed by atoms with Gasteiger partial charge in [-0.05, 0) is 31.2 Å². The number of benzene rings is 2. The number of nitro benzene ring substituents is 1. The minimum atomic E-state index is -0.682. The van der Waals surface area contributed by atoms with Crippen LogP contribution in [-0.2, 0) is 4.74 Å². The second-order valence-electron chi connectivity index (χ2n) is 4.65. The second-order valence-corrected chi connectivity index (χ2v) is 5.56. The lowest BCUT2D eigenvalue weighted by molar-refractivity contribution is -0.385. The van der Waals surface area contributed by atoms with Gasteiger partial charge in [-0.15, -0.1) is 0 Å². The summed E-state index contributed by atoms with van der Waals surface area (Å²) in [7, 11) is 0. The number of halogens is 1. The Morgan fingerprint density at radius 2 is 2.17 bits per heavy atom. The van der Waals surface area contributed by atoms with Crippen molar-refractivity contribution in [1.29, 1.82) is 0 Å². The smallest absolute Gasteiger partial charge is 0.338 e. The van der Waals surface area contributed by atoms with Crippen molar-refractivity contribution in [2.24, 2.45) is 4.99 Å². The van der Waals surface area contributed by atoms with Crippen molar-refractivity contribution < 1.29 is 19.6 Å². The predicted molar refractivity (Wildman–Crippen MR) is 92.1 cm³/mol. The van der Waals surface area contributed by atoms with Gasteiger partial charge in [0.2, 0.25) is 5.75 Å². The van der Waals surface area contributed by atoms with E-state index in [1.807, 2.05) is 0 Å². The van der Waals surface area contributed by atoms with Gasteiger partial charge in [0, 0.05) is 22.3 Å². The molecule has 0 amide bonds. The van der Waals surface area contributed by atoms with Crippen LogP contribution >= 0.6 is 15.9 Å². The van der Waals surface area contributed by atoms with Crippen LogP contribution < -0.4 is 0 Å². The summed E-state index contributed by atoms with van der Waals surface area (Å²) in [5, 5.41) is 20.9. The molecule has 0 unspecified atom stereocenters. The third-order valence-electron chi connectivity index (χ3n) is 2.99. The number of hydrogen-bond donors (Lipinski definition) is 1. The summed E-state index contributed by atoms with van der Waals surface area (Å²) < 4.78 is 5.35. The standard InChI is InChI=1S/C16H13BrN2O5/c1-2-24-16(21)10-4-3-5-13(7-10)18-9-11-6-12(17)8-14(15(11)20)19(22)23/h3-9,20H,2H2,1H3. The molecule has 24 heavy (non-hydrogen) atoms. The number of aliphatic imine (C=N–C) groups is 1. The average Bonchev–Trinajstić information content (AvgIpc) is 2.55. The van der Waals surface area contributed by atoms with Crippen LogP contribution in [0.5, 0.6) is 5.75 Å². The summed E-state index contributed by atoms with van der Waals surface area (Å²) in [5.74, 6) is -0.941. The molecule has 0 spiro atoms. The lowest BCUT2D eigenvalue weighted by Gasteiger charge is -2.03. The highest BCUT2D eigenvalue weighted by Gasteiger charge is 2.17. The van der Waals surface area contributed by atoms with Gasteiger partial charge in [0.25, 0.3) is 0 Å². The molecule has 0 radical (unpaired) electrons. The summed E-state index contributed by atoms with van der Waals surface area (Å²) in [5.41, 5.74) is 0.544. The van der Waals surface area contributed by atoms with E-state index in [0.717, 1.165) is 0 Å². The molecule has 0 saturated heterocycles. The Kier molecular flexibility index (Phi) is 5.64. The summed E-state index contributed by atoms with van der Waals surface area (Å²) in [4.78, 5) is 26.1. The Hall–Kier alpha value is -2.74. The monoisotopic (exact) mass is 392 g/mol. The van der Waals surface area contributed by atoms with Gasteiger partial charge < -0.3 is 9.84 Å². The molecule has 2 rings (SSSR count). The lowest BCUT2D eigenvalue weighted by Crippen LogP contribution is -2.03. The van der Waals surface area contributed by atoms with Gasteiger partial charge in [-0.3, -0.25) is 15.1 Å². The SMILES string of the molecule is CCOC(=O)c1cccc(N=Cc2cc(Br)cc([N+](=O)[O-])c2O)c1. The zero-order valence-electron chi connectivity index (χ0n) is 12.6. The van der Waals surface area contributed by atoms with E-state index in [0.29, 0.717) is 15.7 Å². The van der Waals surface area contributed by atoms with Crippen molar-refractivity contribution in [3.63, 3.8) is 0 Å². The molecular weight excluding hydrogens is 380 g/mol. The maximum atomic E-state index is 11.7. The molecule has 0 saturated carbocycles.